The lowest BCUT2D eigenvalue weighted by Crippen LogP contribution is -2.30. The summed E-state index contributed by atoms with van der Waals surface area (Å²) in [4.78, 5) is 6.89. The van der Waals surface area contributed by atoms with Gasteiger partial charge in [-0.1, -0.05) is 28.1 Å². The SMILES string of the molecule is CC1=CC=CN2Cc3ccc(Br)cc3N=C12. The van der Waals surface area contributed by atoms with E-state index < -0.39 is 0 Å². The molecular formula is C13H11BrN2. The van der Waals surface area contributed by atoms with Gasteiger partial charge in [0, 0.05) is 10.7 Å². The molecule has 16 heavy (non-hydrogen) atoms. The lowest BCUT2D eigenvalue weighted by Gasteiger charge is -2.29. The normalized spacial score (nSPS) is 17.5. The molecule has 0 unspecified atom stereocenters. The highest BCUT2D eigenvalue weighted by Gasteiger charge is 2.20. The summed E-state index contributed by atoms with van der Waals surface area (Å²) < 4.78 is 1.08. The van der Waals surface area contributed by atoms with Crippen LogP contribution in [0.3, 0.4) is 0 Å². The van der Waals surface area contributed by atoms with Crippen LogP contribution < -0.4 is 0 Å². The van der Waals surface area contributed by atoms with Crippen LogP contribution in [0.4, 0.5) is 5.69 Å². The molecule has 0 spiro atoms. The molecule has 1 aromatic carbocycles. The summed E-state index contributed by atoms with van der Waals surface area (Å²) in [6.07, 6.45) is 6.24. The van der Waals surface area contributed by atoms with Crippen molar-refractivity contribution in [2.75, 3.05) is 0 Å². The lowest BCUT2D eigenvalue weighted by atomic mass is 10.1. The fraction of sp³-hybridized carbons (Fsp3) is 0.154. The number of aliphatic imine (C=N–C) groups is 1. The van der Waals surface area contributed by atoms with E-state index in [1.54, 1.807) is 0 Å². The zero-order chi connectivity index (χ0) is 11.1. The van der Waals surface area contributed by atoms with Crippen LogP contribution in [0, 0.1) is 0 Å². The topological polar surface area (TPSA) is 15.6 Å². The van der Waals surface area contributed by atoms with Crippen LogP contribution in [0.1, 0.15) is 12.5 Å². The Hall–Kier alpha value is -1.35. The number of hydrogen-bond donors (Lipinski definition) is 0. The third-order valence-corrected chi connectivity index (χ3v) is 3.34. The van der Waals surface area contributed by atoms with Gasteiger partial charge in [0.25, 0.3) is 0 Å². The summed E-state index contributed by atoms with van der Waals surface area (Å²) >= 11 is 3.48. The third kappa shape index (κ3) is 1.52. The molecule has 80 valence electrons. The van der Waals surface area contributed by atoms with Gasteiger partial charge in [0.05, 0.1) is 12.2 Å². The highest BCUT2D eigenvalue weighted by Crippen LogP contribution is 2.31. The highest BCUT2D eigenvalue weighted by molar-refractivity contribution is 9.10. The minimum absolute atomic E-state index is 0.906. The molecule has 2 aliphatic rings. The fourth-order valence-electron chi connectivity index (χ4n) is 2.02. The number of allylic oxidation sites excluding steroid dienone is 2. The Kier molecular flexibility index (Phi) is 2.21. The second kappa shape index (κ2) is 3.59. The summed E-state index contributed by atoms with van der Waals surface area (Å²) in [6.45, 7) is 3.00. The second-order valence-electron chi connectivity index (χ2n) is 4.03. The predicted molar refractivity (Wildman–Crippen MR) is 69.7 cm³/mol. The van der Waals surface area contributed by atoms with Crippen LogP contribution in [0.2, 0.25) is 0 Å². The Morgan fingerprint density at radius 1 is 1.38 bits per heavy atom. The van der Waals surface area contributed by atoms with Gasteiger partial charge in [-0.25, -0.2) is 4.99 Å². The van der Waals surface area contributed by atoms with Gasteiger partial charge in [-0.3, -0.25) is 0 Å². The average Bonchev–Trinajstić information content (AvgIpc) is 2.28. The van der Waals surface area contributed by atoms with Crippen molar-refractivity contribution in [1.29, 1.82) is 0 Å². The molecule has 0 saturated heterocycles. The van der Waals surface area contributed by atoms with E-state index in [9.17, 15) is 0 Å². The van der Waals surface area contributed by atoms with Crippen LogP contribution in [-0.2, 0) is 6.54 Å². The van der Waals surface area contributed by atoms with Crippen molar-refractivity contribution in [3.63, 3.8) is 0 Å². The van der Waals surface area contributed by atoms with E-state index >= 15 is 0 Å². The number of nitrogens with zero attached hydrogens (tertiary/aromatic N) is 2. The standard InChI is InChI=1S/C13H11BrN2/c1-9-3-2-6-16-8-10-4-5-11(14)7-12(10)15-13(9)16/h2-7H,8H2,1H3. The van der Waals surface area contributed by atoms with Crippen LogP contribution in [0.15, 0.2) is 51.6 Å². The molecule has 0 fully saturated rings. The first-order chi connectivity index (χ1) is 7.74. The number of fused-ring (bicyclic) bond motifs is 2. The highest BCUT2D eigenvalue weighted by atomic mass is 79.9. The number of hydrogen-bond acceptors (Lipinski definition) is 2. The maximum Gasteiger partial charge on any atom is 0.136 e. The molecule has 0 aliphatic carbocycles. The van der Waals surface area contributed by atoms with E-state index in [1.807, 2.05) is 0 Å². The van der Waals surface area contributed by atoms with E-state index in [2.05, 4.69) is 64.3 Å². The van der Waals surface area contributed by atoms with Gasteiger partial charge in [-0.2, -0.15) is 0 Å². The summed E-state index contributed by atoms with van der Waals surface area (Å²) in [6, 6.07) is 6.27. The molecule has 0 aromatic heterocycles. The van der Waals surface area contributed by atoms with Gasteiger partial charge in [0.2, 0.25) is 0 Å². The summed E-state index contributed by atoms with van der Waals surface area (Å²) in [5.41, 5.74) is 3.56. The number of rotatable bonds is 0. The van der Waals surface area contributed by atoms with Gasteiger partial charge in [0.15, 0.2) is 0 Å². The molecule has 0 N–H and O–H groups in total. The molecule has 2 aliphatic heterocycles. The molecule has 0 saturated carbocycles. The average molecular weight is 275 g/mol. The maximum absolute atomic E-state index is 4.70. The van der Waals surface area contributed by atoms with Crippen molar-refractivity contribution in [3.05, 3.63) is 52.2 Å². The first-order valence-electron chi connectivity index (χ1n) is 5.23. The first kappa shape index (κ1) is 9.85. The number of benzene rings is 1. The van der Waals surface area contributed by atoms with E-state index in [0.717, 1.165) is 22.5 Å². The van der Waals surface area contributed by atoms with Crippen LogP contribution >= 0.6 is 15.9 Å². The Morgan fingerprint density at radius 2 is 2.25 bits per heavy atom. The monoisotopic (exact) mass is 274 g/mol. The third-order valence-electron chi connectivity index (χ3n) is 2.85. The molecule has 0 amide bonds. The van der Waals surface area contributed by atoms with E-state index in [4.69, 9.17) is 4.99 Å². The molecule has 2 nitrogen and oxygen atoms in total. The number of halogens is 1. The maximum atomic E-state index is 4.70. The van der Waals surface area contributed by atoms with E-state index in [1.165, 1.54) is 11.1 Å². The van der Waals surface area contributed by atoms with Crippen molar-refractivity contribution in [3.8, 4) is 0 Å². The molecule has 0 radical (unpaired) electrons. The lowest BCUT2D eigenvalue weighted by molar-refractivity contribution is 0.540. The first-order valence-corrected chi connectivity index (χ1v) is 6.02. The molecular weight excluding hydrogens is 264 g/mol. The van der Waals surface area contributed by atoms with Gasteiger partial charge in [-0.05, 0) is 36.3 Å². The van der Waals surface area contributed by atoms with Crippen LogP contribution in [0.5, 0.6) is 0 Å². The largest absolute Gasteiger partial charge is 0.328 e. The van der Waals surface area contributed by atoms with Gasteiger partial charge in [0.1, 0.15) is 5.84 Å². The van der Waals surface area contributed by atoms with Crippen molar-refractivity contribution < 1.29 is 0 Å². The van der Waals surface area contributed by atoms with Gasteiger partial charge >= 0.3 is 0 Å². The summed E-state index contributed by atoms with van der Waals surface area (Å²) in [7, 11) is 0. The Labute approximate surface area is 103 Å². The minimum Gasteiger partial charge on any atom is -0.328 e. The molecule has 3 heteroatoms. The molecule has 1 aromatic rings. The van der Waals surface area contributed by atoms with Crippen LogP contribution in [-0.4, -0.2) is 10.7 Å². The summed E-state index contributed by atoms with van der Waals surface area (Å²) in [5, 5.41) is 0. The van der Waals surface area contributed by atoms with Crippen molar-refractivity contribution in [2.45, 2.75) is 13.5 Å². The number of amidine groups is 1. The zero-order valence-corrected chi connectivity index (χ0v) is 10.5. The van der Waals surface area contributed by atoms with Crippen molar-refractivity contribution in [2.24, 2.45) is 4.99 Å². The molecule has 3 rings (SSSR count). The minimum atomic E-state index is 0.906. The molecule has 0 atom stereocenters. The fourth-order valence-corrected chi connectivity index (χ4v) is 2.36. The molecule has 2 heterocycles. The second-order valence-corrected chi connectivity index (χ2v) is 4.94. The Morgan fingerprint density at radius 3 is 3.12 bits per heavy atom. The Bertz CT molecular complexity index is 541. The quantitative estimate of drug-likeness (QED) is 0.703. The van der Waals surface area contributed by atoms with E-state index in [-0.39, 0.29) is 0 Å². The predicted octanol–water partition coefficient (Wildman–Crippen LogP) is 3.77. The van der Waals surface area contributed by atoms with Crippen molar-refractivity contribution >= 4 is 27.5 Å². The van der Waals surface area contributed by atoms with Crippen LogP contribution in [0.25, 0.3) is 0 Å². The van der Waals surface area contributed by atoms with Crippen molar-refractivity contribution in [1.82, 2.24) is 4.90 Å². The smallest absolute Gasteiger partial charge is 0.136 e. The zero-order valence-electron chi connectivity index (χ0n) is 8.94. The van der Waals surface area contributed by atoms with Gasteiger partial charge in [-0.15, -0.1) is 0 Å². The van der Waals surface area contributed by atoms with E-state index in [0.29, 0.717) is 0 Å². The molecule has 0 bridgehead atoms. The Balaban J connectivity index is 2.14. The summed E-state index contributed by atoms with van der Waals surface area (Å²) in [5.74, 6) is 1.06. The van der Waals surface area contributed by atoms with Gasteiger partial charge < -0.3 is 4.90 Å².